The number of amides is 1. The van der Waals surface area contributed by atoms with Crippen molar-refractivity contribution in [3.63, 3.8) is 0 Å². The molecule has 0 heterocycles. The first-order chi connectivity index (χ1) is 7.73. The summed E-state index contributed by atoms with van der Waals surface area (Å²) in [5.74, 6) is -0.600. The number of rotatable bonds is 7. The van der Waals surface area contributed by atoms with E-state index in [0.29, 0.717) is 18.8 Å². The maximum atomic E-state index is 11.8. The lowest BCUT2D eigenvalue weighted by atomic mass is 10.0. The Balaban J connectivity index is 4.35. The molecular formula is C12H22BrNO3. The van der Waals surface area contributed by atoms with E-state index in [9.17, 15) is 9.59 Å². The quantitative estimate of drug-likeness (QED) is 0.710. The number of carboxylic acid groups (broad SMARTS) is 1. The van der Waals surface area contributed by atoms with Gasteiger partial charge in [0.2, 0.25) is 5.91 Å². The summed E-state index contributed by atoms with van der Waals surface area (Å²) < 4.78 is 0. The van der Waals surface area contributed by atoms with Gasteiger partial charge >= 0.3 is 5.97 Å². The van der Waals surface area contributed by atoms with Gasteiger partial charge in [-0.15, -0.1) is 0 Å². The molecule has 0 bridgehead atoms. The van der Waals surface area contributed by atoms with Crippen LogP contribution in [-0.4, -0.2) is 27.9 Å². The van der Waals surface area contributed by atoms with Crippen molar-refractivity contribution in [2.24, 2.45) is 11.8 Å². The molecule has 100 valence electrons. The second-order valence-corrected chi connectivity index (χ2v) is 6.23. The number of nitrogens with one attached hydrogen (secondary N) is 1. The first-order valence-corrected chi connectivity index (χ1v) is 6.82. The topological polar surface area (TPSA) is 66.4 Å². The molecule has 0 aromatic rings. The highest BCUT2D eigenvalue weighted by Gasteiger charge is 2.24. The molecule has 2 N–H and O–H groups in total. The summed E-state index contributed by atoms with van der Waals surface area (Å²) in [6.45, 7) is 7.90. The van der Waals surface area contributed by atoms with Crippen LogP contribution in [0.5, 0.6) is 0 Å². The number of halogens is 1. The van der Waals surface area contributed by atoms with Gasteiger partial charge in [0.15, 0.2) is 0 Å². The maximum absolute atomic E-state index is 11.8. The van der Waals surface area contributed by atoms with Gasteiger partial charge < -0.3 is 10.4 Å². The van der Waals surface area contributed by atoms with E-state index in [-0.39, 0.29) is 16.7 Å². The molecule has 0 rings (SSSR count). The van der Waals surface area contributed by atoms with E-state index < -0.39 is 12.0 Å². The molecule has 5 heteroatoms. The fourth-order valence-corrected chi connectivity index (χ4v) is 2.36. The lowest BCUT2D eigenvalue weighted by Crippen LogP contribution is -2.44. The SMILES string of the molecule is CC(C)CC(Br)C(=O)NC(CC(C)C)C(=O)O. The van der Waals surface area contributed by atoms with Gasteiger partial charge in [0.25, 0.3) is 0 Å². The van der Waals surface area contributed by atoms with Crippen molar-refractivity contribution in [3.05, 3.63) is 0 Å². The van der Waals surface area contributed by atoms with Crippen LogP contribution in [0.15, 0.2) is 0 Å². The number of alkyl halides is 1. The summed E-state index contributed by atoms with van der Waals surface area (Å²) in [5.41, 5.74) is 0. The van der Waals surface area contributed by atoms with Gasteiger partial charge in [0.05, 0.1) is 4.83 Å². The Morgan fingerprint density at radius 2 is 1.59 bits per heavy atom. The summed E-state index contributed by atoms with van der Waals surface area (Å²) in [5, 5.41) is 11.6. The van der Waals surface area contributed by atoms with Gasteiger partial charge in [-0.1, -0.05) is 43.6 Å². The van der Waals surface area contributed by atoms with Crippen LogP contribution >= 0.6 is 15.9 Å². The van der Waals surface area contributed by atoms with E-state index in [1.807, 2.05) is 27.7 Å². The summed E-state index contributed by atoms with van der Waals surface area (Å²) in [4.78, 5) is 22.4. The molecule has 0 spiro atoms. The highest BCUT2D eigenvalue weighted by Crippen LogP contribution is 2.14. The second-order valence-electron chi connectivity index (χ2n) is 5.13. The molecule has 2 atom stereocenters. The average molecular weight is 308 g/mol. The zero-order chi connectivity index (χ0) is 13.6. The number of hydrogen-bond donors (Lipinski definition) is 2. The minimum atomic E-state index is -0.976. The Bertz CT molecular complexity index is 266. The van der Waals surface area contributed by atoms with Gasteiger partial charge in [0.1, 0.15) is 6.04 Å². The molecule has 2 unspecified atom stereocenters. The Morgan fingerprint density at radius 1 is 1.12 bits per heavy atom. The number of hydrogen-bond acceptors (Lipinski definition) is 2. The molecule has 0 fully saturated rings. The van der Waals surface area contributed by atoms with E-state index >= 15 is 0 Å². The Morgan fingerprint density at radius 3 is 1.94 bits per heavy atom. The Kier molecular flexibility index (Phi) is 7.43. The van der Waals surface area contributed by atoms with Gasteiger partial charge in [-0.25, -0.2) is 4.79 Å². The van der Waals surface area contributed by atoms with E-state index in [1.54, 1.807) is 0 Å². The maximum Gasteiger partial charge on any atom is 0.326 e. The predicted molar refractivity (Wildman–Crippen MR) is 71.2 cm³/mol. The molecule has 0 saturated carbocycles. The van der Waals surface area contributed by atoms with Crippen molar-refractivity contribution in [1.82, 2.24) is 5.32 Å². The summed E-state index contributed by atoms with van der Waals surface area (Å²) in [6, 6.07) is -0.797. The van der Waals surface area contributed by atoms with Crippen LogP contribution in [0.4, 0.5) is 0 Å². The smallest absolute Gasteiger partial charge is 0.326 e. The summed E-state index contributed by atoms with van der Waals surface area (Å²) in [6.07, 6.45) is 1.14. The van der Waals surface area contributed by atoms with Crippen LogP contribution in [0.3, 0.4) is 0 Å². The van der Waals surface area contributed by atoms with E-state index in [2.05, 4.69) is 21.2 Å². The van der Waals surface area contributed by atoms with Crippen LogP contribution in [0.1, 0.15) is 40.5 Å². The Hall–Kier alpha value is -0.580. The monoisotopic (exact) mass is 307 g/mol. The van der Waals surface area contributed by atoms with Gasteiger partial charge in [-0.3, -0.25) is 4.79 Å². The zero-order valence-corrected chi connectivity index (χ0v) is 12.5. The van der Waals surface area contributed by atoms with Crippen molar-refractivity contribution in [2.75, 3.05) is 0 Å². The molecule has 0 saturated heterocycles. The van der Waals surface area contributed by atoms with Gasteiger partial charge in [-0.05, 0) is 24.7 Å². The molecule has 1 amide bonds. The number of carboxylic acids is 1. The molecule has 0 aliphatic rings. The zero-order valence-electron chi connectivity index (χ0n) is 10.9. The van der Waals surface area contributed by atoms with E-state index in [4.69, 9.17) is 5.11 Å². The summed E-state index contributed by atoms with van der Waals surface area (Å²) in [7, 11) is 0. The third-order valence-corrected chi connectivity index (χ3v) is 3.07. The van der Waals surface area contributed by atoms with Crippen LogP contribution in [-0.2, 0) is 9.59 Å². The first kappa shape index (κ1) is 16.4. The molecular weight excluding hydrogens is 286 g/mol. The lowest BCUT2D eigenvalue weighted by Gasteiger charge is -2.19. The molecule has 0 aromatic heterocycles. The lowest BCUT2D eigenvalue weighted by molar-refractivity contribution is -0.142. The highest BCUT2D eigenvalue weighted by molar-refractivity contribution is 9.10. The molecule has 0 aliphatic carbocycles. The van der Waals surface area contributed by atoms with Crippen LogP contribution < -0.4 is 5.32 Å². The van der Waals surface area contributed by atoms with Crippen molar-refractivity contribution < 1.29 is 14.7 Å². The number of carbonyl (C=O) groups is 2. The second kappa shape index (κ2) is 7.69. The van der Waals surface area contributed by atoms with Gasteiger partial charge in [0, 0.05) is 0 Å². The molecule has 0 aliphatic heterocycles. The molecule has 4 nitrogen and oxygen atoms in total. The first-order valence-electron chi connectivity index (χ1n) is 5.91. The minimum absolute atomic E-state index is 0.232. The van der Waals surface area contributed by atoms with Crippen molar-refractivity contribution in [2.45, 2.75) is 51.4 Å². The van der Waals surface area contributed by atoms with E-state index in [0.717, 1.165) is 0 Å². The predicted octanol–water partition coefficient (Wildman–Crippen LogP) is 2.41. The minimum Gasteiger partial charge on any atom is -0.480 e. The third-order valence-electron chi connectivity index (χ3n) is 2.28. The standard InChI is InChI=1S/C12H22BrNO3/c1-7(2)5-9(13)11(15)14-10(12(16)17)6-8(3)4/h7-10H,5-6H2,1-4H3,(H,14,15)(H,16,17). The van der Waals surface area contributed by atoms with E-state index in [1.165, 1.54) is 0 Å². The van der Waals surface area contributed by atoms with Crippen molar-refractivity contribution in [3.8, 4) is 0 Å². The van der Waals surface area contributed by atoms with Crippen molar-refractivity contribution >= 4 is 27.8 Å². The number of carbonyl (C=O) groups excluding carboxylic acids is 1. The van der Waals surface area contributed by atoms with Crippen molar-refractivity contribution in [1.29, 1.82) is 0 Å². The fourth-order valence-electron chi connectivity index (χ4n) is 1.48. The normalized spacial score (nSPS) is 14.8. The highest BCUT2D eigenvalue weighted by atomic mass is 79.9. The molecule has 0 aromatic carbocycles. The van der Waals surface area contributed by atoms with Crippen LogP contribution in [0.2, 0.25) is 0 Å². The number of aliphatic carboxylic acids is 1. The summed E-state index contributed by atoms with van der Waals surface area (Å²) >= 11 is 3.28. The molecule has 0 radical (unpaired) electrons. The van der Waals surface area contributed by atoms with Crippen LogP contribution in [0, 0.1) is 11.8 Å². The van der Waals surface area contributed by atoms with Gasteiger partial charge in [-0.2, -0.15) is 0 Å². The average Bonchev–Trinajstić information content (AvgIpc) is 2.14. The Labute approximate surface area is 111 Å². The van der Waals surface area contributed by atoms with Crippen LogP contribution in [0.25, 0.3) is 0 Å². The third kappa shape index (κ3) is 7.36. The molecule has 17 heavy (non-hydrogen) atoms. The largest absolute Gasteiger partial charge is 0.480 e. The fraction of sp³-hybridized carbons (Fsp3) is 0.833.